The van der Waals surface area contributed by atoms with Gasteiger partial charge in [-0.3, -0.25) is 9.59 Å². The molecule has 6 heteroatoms. The second kappa shape index (κ2) is 10.0. The molecule has 0 aliphatic rings. The maximum absolute atomic E-state index is 12.5. The highest BCUT2D eigenvalue weighted by Gasteiger charge is 2.14. The van der Waals surface area contributed by atoms with E-state index in [0.717, 1.165) is 5.75 Å². The first-order valence-electron chi connectivity index (χ1n) is 10.3. The van der Waals surface area contributed by atoms with Crippen LogP contribution in [0.15, 0.2) is 72.8 Å². The Morgan fingerprint density at radius 3 is 1.81 bits per heavy atom. The molecule has 2 N–H and O–H groups in total. The van der Waals surface area contributed by atoms with Crippen molar-refractivity contribution in [2.24, 2.45) is 0 Å². The van der Waals surface area contributed by atoms with Crippen molar-refractivity contribution in [3.63, 3.8) is 0 Å². The van der Waals surface area contributed by atoms with Crippen molar-refractivity contribution < 1.29 is 19.1 Å². The fourth-order valence-electron chi connectivity index (χ4n) is 2.98. The van der Waals surface area contributed by atoms with Crippen LogP contribution in [0.4, 0.5) is 11.4 Å². The van der Waals surface area contributed by atoms with Crippen LogP contribution in [0, 0.1) is 0 Å². The molecule has 0 saturated heterocycles. The van der Waals surface area contributed by atoms with Crippen molar-refractivity contribution in [2.45, 2.75) is 26.2 Å². The van der Waals surface area contributed by atoms with Crippen molar-refractivity contribution in [3.05, 3.63) is 83.9 Å². The van der Waals surface area contributed by atoms with E-state index in [4.69, 9.17) is 9.47 Å². The minimum Gasteiger partial charge on any atom is -0.497 e. The lowest BCUT2D eigenvalue weighted by Crippen LogP contribution is -2.20. The highest BCUT2D eigenvalue weighted by molar-refractivity contribution is 6.04. The molecule has 0 aliphatic heterocycles. The standard InChI is InChI=1S/C26H28N2O4/c1-26(2,3)19-7-5-18(6-8-19)25(30)28-21-11-9-20(10-12-21)27-24(29)17-32-23-15-13-22(31-4)14-16-23/h5-16H,17H2,1-4H3,(H,27,29)(H,28,30). The second-order valence-electron chi connectivity index (χ2n) is 8.37. The van der Waals surface area contributed by atoms with Crippen molar-refractivity contribution in [2.75, 3.05) is 24.4 Å². The summed E-state index contributed by atoms with van der Waals surface area (Å²) >= 11 is 0. The Morgan fingerprint density at radius 2 is 1.28 bits per heavy atom. The minimum atomic E-state index is -0.281. The van der Waals surface area contributed by atoms with Crippen molar-refractivity contribution in [1.29, 1.82) is 0 Å². The molecule has 0 spiro atoms. The molecule has 0 heterocycles. The van der Waals surface area contributed by atoms with Gasteiger partial charge in [0.1, 0.15) is 11.5 Å². The van der Waals surface area contributed by atoms with E-state index in [9.17, 15) is 9.59 Å². The van der Waals surface area contributed by atoms with Gasteiger partial charge < -0.3 is 20.1 Å². The molecular weight excluding hydrogens is 404 g/mol. The maximum Gasteiger partial charge on any atom is 0.262 e. The fraction of sp³-hybridized carbons (Fsp3) is 0.231. The van der Waals surface area contributed by atoms with Crippen molar-refractivity contribution in [1.82, 2.24) is 0 Å². The average Bonchev–Trinajstić information content (AvgIpc) is 2.79. The molecule has 0 aliphatic carbocycles. The predicted octanol–water partition coefficient (Wildman–Crippen LogP) is 5.26. The number of amides is 2. The predicted molar refractivity (Wildman–Crippen MR) is 127 cm³/mol. The van der Waals surface area contributed by atoms with Gasteiger partial charge in [0.2, 0.25) is 0 Å². The summed E-state index contributed by atoms with van der Waals surface area (Å²) in [5.74, 6) is 0.831. The first kappa shape index (κ1) is 22.9. The normalized spacial score (nSPS) is 10.9. The summed E-state index contributed by atoms with van der Waals surface area (Å²) in [7, 11) is 1.59. The summed E-state index contributed by atoms with van der Waals surface area (Å²) in [5, 5.41) is 5.63. The van der Waals surface area contributed by atoms with Crippen LogP contribution in [0.2, 0.25) is 0 Å². The van der Waals surface area contributed by atoms with Crippen LogP contribution < -0.4 is 20.1 Å². The third-order valence-electron chi connectivity index (χ3n) is 4.87. The van der Waals surface area contributed by atoms with Crippen LogP contribution >= 0.6 is 0 Å². The summed E-state index contributed by atoms with van der Waals surface area (Å²) in [4.78, 5) is 24.6. The molecule has 0 aromatic heterocycles. The molecule has 0 bridgehead atoms. The quantitative estimate of drug-likeness (QED) is 0.534. The number of anilines is 2. The van der Waals surface area contributed by atoms with Gasteiger partial charge in [0.25, 0.3) is 11.8 Å². The number of ether oxygens (including phenoxy) is 2. The second-order valence-corrected chi connectivity index (χ2v) is 8.37. The lowest BCUT2D eigenvalue weighted by atomic mass is 9.87. The van der Waals surface area contributed by atoms with Gasteiger partial charge in [-0.25, -0.2) is 0 Å². The van der Waals surface area contributed by atoms with Crippen LogP contribution in [-0.4, -0.2) is 25.5 Å². The molecule has 32 heavy (non-hydrogen) atoms. The number of nitrogens with one attached hydrogen (secondary N) is 2. The van der Waals surface area contributed by atoms with Gasteiger partial charge in [-0.1, -0.05) is 32.9 Å². The molecule has 0 saturated carbocycles. The van der Waals surface area contributed by atoms with E-state index in [-0.39, 0.29) is 23.8 Å². The molecule has 6 nitrogen and oxygen atoms in total. The van der Waals surface area contributed by atoms with Gasteiger partial charge in [0, 0.05) is 16.9 Å². The molecule has 3 rings (SSSR count). The zero-order valence-corrected chi connectivity index (χ0v) is 18.8. The van der Waals surface area contributed by atoms with Crippen LogP contribution in [0.5, 0.6) is 11.5 Å². The summed E-state index contributed by atoms with van der Waals surface area (Å²) in [6.45, 7) is 6.28. The van der Waals surface area contributed by atoms with Crippen molar-refractivity contribution in [3.8, 4) is 11.5 Å². The molecule has 0 atom stereocenters. The molecule has 0 fully saturated rings. The van der Waals surface area contributed by atoms with Crippen LogP contribution in [-0.2, 0) is 10.2 Å². The highest BCUT2D eigenvalue weighted by Crippen LogP contribution is 2.23. The molecule has 0 unspecified atom stereocenters. The van der Waals surface area contributed by atoms with E-state index >= 15 is 0 Å². The number of carbonyl (C=O) groups is 2. The number of rotatable bonds is 7. The van der Waals surface area contributed by atoms with E-state index in [2.05, 4.69) is 31.4 Å². The van der Waals surface area contributed by atoms with Crippen molar-refractivity contribution >= 4 is 23.2 Å². The summed E-state index contributed by atoms with van der Waals surface area (Å²) in [5.41, 5.74) is 3.05. The van der Waals surface area contributed by atoms with E-state index in [1.54, 1.807) is 55.6 Å². The molecule has 166 valence electrons. The lowest BCUT2D eigenvalue weighted by Gasteiger charge is -2.19. The molecule has 2 amide bonds. The first-order chi connectivity index (χ1) is 15.2. The van der Waals surface area contributed by atoms with Crippen LogP contribution in [0.1, 0.15) is 36.7 Å². The maximum atomic E-state index is 12.5. The zero-order chi connectivity index (χ0) is 23.1. The summed E-state index contributed by atoms with van der Waals surface area (Å²) < 4.78 is 10.6. The minimum absolute atomic E-state index is 0.0367. The number of methoxy groups -OCH3 is 1. The fourth-order valence-corrected chi connectivity index (χ4v) is 2.98. The van der Waals surface area contributed by atoms with Gasteiger partial charge in [0.05, 0.1) is 7.11 Å². The van der Waals surface area contributed by atoms with E-state index < -0.39 is 0 Å². The third-order valence-corrected chi connectivity index (χ3v) is 4.87. The largest absolute Gasteiger partial charge is 0.497 e. The Hall–Kier alpha value is -3.80. The Morgan fingerprint density at radius 1 is 0.750 bits per heavy atom. The highest BCUT2D eigenvalue weighted by atomic mass is 16.5. The van der Waals surface area contributed by atoms with Crippen LogP contribution in [0.3, 0.4) is 0 Å². The average molecular weight is 433 g/mol. The summed E-state index contributed by atoms with van der Waals surface area (Å²) in [6, 6.07) is 21.5. The van der Waals surface area contributed by atoms with Gasteiger partial charge in [-0.2, -0.15) is 0 Å². The number of carbonyl (C=O) groups excluding carboxylic acids is 2. The van der Waals surface area contributed by atoms with Gasteiger partial charge in [0.15, 0.2) is 6.61 Å². The number of hydrogen-bond donors (Lipinski definition) is 2. The topological polar surface area (TPSA) is 76.7 Å². The molecule has 0 radical (unpaired) electrons. The Bertz CT molecular complexity index is 1050. The smallest absolute Gasteiger partial charge is 0.262 e. The monoisotopic (exact) mass is 432 g/mol. The number of hydrogen-bond acceptors (Lipinski definition) is 4. The molecule has 3 aromatic rings. The Labute approximate surface area is 188 Å². The first-order valence-corrected chi connectivity index (χ1v) is 10.3. The van der Waals surface area contributed by atoms with Gasteiger partial charge in [-0.15, -0.1) is 0 Å². The van der Waals surface area contributed by atoms with Crippen LogP contribution in [0.25, 0.3) is 0 Å². The molecular formula is C26H28N2O4. The summed E-state index contributed by atoms with van der Waals surface area (Å²) in [6.07, 6.45) is 0. The van der Waals surface area contributed by atoms with E-state index in [0.29, 0.717) is 22.7 Å². The van der Waals surface area contributed by atoms with E-state index in [1.807, 2.05) is 24.3 Å². The number of benzene rings is 3. The molecule has 3 aromatic carbocycles. The van der Waals surface area contributed by atoms with Gasteiger partial charge >= 0.3 is 0 Å². The third kappa shape index (κ3) is 6.35. The zero-order valence-electron chi connectivity index (χ0n) is 18.8. The Balaban J connectivity index is 1.50. The lowest BCUT2D eigenvalue weighted by molar-refractivity contribution is -0.118. The van der Waals surface area contributed by atoms with Gasteiger partial charge in [-0.05, 0) is 71.6 Å². The van der Waals surface area contributed by atoms with E-state index in [1.165, 1.54) is 5.56 Å². The SMILES string of the molecule is COc1ccc(OCC(=O)Nc2ccc(NC(=O)c3ccc(C(C)(C)C)cc3)cc2)cc1. The Kier molecular flexibility index (Phi) is 7.15.